The fraction of sp³-hybridized carbons (Fsp3) is 0.455. The number of carboxylic acid groups (broad SMARTS) is 1. The predicted octanol–water partition coefficient (Wildman–Crippen LogP) is 0.906. The molecule has 102 valence electrons. The minimum atomic E-state index is -0.854. The normalized spacial score (nSPS) is 22.1. The van der Waals surface area contributed by atoms with Gasteiger partial charge in [0.25, 0.3) is 11.6 Å². The highest BCUT2D eigenvalue weighted by Gasteiger charge is 2.31. The van der Waals surface area contributed by atoms with E-state index in [2.05, 4.69) is 10.3 Å². The van der Waals surface area contributed by atoms with Crippen LogP contribution in [0.3, 0.4) is 0 Å². The van der Waals surface area contributed by atoms with Gasteiger partial charge in [0.1, 0.15) is 5.69 Å². The first-order valence-corrected chi connectivity index (χ1v) is 5.84. The van der Waals surface area contributed by atoms with Crippen molar-refractivity contribution in [2.24, 2.45) is 5.92 Å². The molecule has 1 amide bonds. The number of nitrogens with zero attached hydrogens (tertiary/aromatic N) is 1. The Kier molecular flexibility index (Phi) is 3.50. The summed E-state index contributed by atoms with van der Waals surface area (Å²) in [4.78, 5) is 35.0. The molecule has 1 aliphatic rings. The third-order valence-corrected chi connectivity index (χ3v) is 3.24. The van der Waals surface area contributed by atoms with Crippen LogP contribution in [0.15, 0.2) is 12.3 Å². The lowest BCUT2D eigenvalue weighted by Gasteiger charge is -2.11. The Labute approximate surface area is 108 Å². The summed E-state index contributed by atoms with van der Waals surface area (Å²) in [6, 6.07) is 0.954. The van der Waals surface area contributed by atoms with Gasteiger partial charge in [-0.05, 0) is 19.3 Å². The molecular weight excluding hydrogens is 254 g/mol. The second kappa shape index (κ2) is 5.09. The van der Waals surface area contributed by atoms with Gasteiger partial charge >= 0.3 is 5.97 Å². The van der Waals surface area contributed by atoms with Crippen molar-refractivity contribution in [3.63, 3.8) is 0 Å². The Morgan fingerprint density at radius 3 is 2.74 bits per heavy atom. The minimum absolute atomic E-state index is 0.102. The van der Waals surface area contributed by atoms with Crippen molar-refractivity contribution in [2.75, 3.05) is 0 Å². The van der Waals surface area contributed by atoms with Crippen molar-refractivity contribution in [2.45, 2.75) is 25.3 Å². The molecule has 2 rings (SSSR count). The zero-order valence-corrected chi connectivity index (χ0v) is 9.96. The molecule has 0 saturated heterocycles. The van der Waals surface area contributed by atoms with Crippen LogP contribution in [0, 0.1) is 16.0 Å². The van der Waals surface area contributed by atoms with E-state index in [1.54, 1.807) is 0 Å². The number of H-pyrrole nitrogens is 1. The maximum atomic E-state index is 11.8. The summed E-state index contributed by atoms with van der Waals surface area (Å²) in [6.45, 7) is 0. The number of nitrogens with one attached hydrogen (secondary N) is 2. The standard InChI is InChI=1S/C11H13N3O5/c15-10(9-4-8(5-12-9)14(18)19)13-7-2-1-6(3-7)11(16)17/h4-7,12H,1-3H2,(H,13,15)(H,16,17)/t6-,7+/m1/s1. The van der Waals surface area contributed by atoms with Crippen molar-refractivity contribution in [3.8, 4) is 0 Å². The Hall–Kier alpha value is -2.38. The van der Waals surface area contributed by atoms with Gasteiger partial charge in [0.05, 0.1) is 17.0 Å². The van der Waals surface area contributed by atoms with Crippen molar-refractivity contribution < 1.29 is 19.6 Å². The fourth-order valence-electron chi connectivity index (χ4n) is 2.22. The number of carboxylic acids is 1. The molecule has 8 nitrogen and oxygen atoms in total. The number of carbonyl (C=O) groups excluding carboxylic acids is 1. The van der Waals surface area contributed by atoms with Crippen LogP contribution >= 0.6 is 0 Å². The molecule has 1 aromatic rings. The first-order valence-electron chi connectivity index (χ1n) is 5.84. The zero-order chi connectivity index (χ0) is 14.0. The van der Waals surface area contributed by atoms with Crippen LogP contribution in [0.25, 0.3) is 0 Å². The van der Waals surface area contributed by atoms with Crippen LogP contribution in [0.1, 0.15) is 29.8 Å². The van der Waals surface area contributed by atoms with Crippen LogP contribution in [0.2, 0.25) is 0 Å². The van der Waals surface area contributed by atoms with Gasteiger partial charge in [0.2, 0.25) is 0 Å². The molecule has 0 unspecified atom stereocenters. The first-order chi connectivity index (χ1) is 8.97. The number of hydrogen-bond donors (Lipinski definition) is 3. The Morgan fingerprint density at radius 2 is 2.21 bits per heavy atom. The second-order valence-electron chi connectivity index (χ2n) is 4.55. The molecule has 8 heteroatoms. The van der Waals surface area contributed by atoms with Crippen LogP contribution in [0.4, 0.5) is 5.69 Å². The molecular formula is C11H13N3O5. The summed E-state index contributed by atoms with van der Waals surface area (Å²) in [5.74, 6) is -1.74. The maximum Gasteiger partial charge on any atom is 0.306 e. The molecule has 1 aromatic heterocycles. The molecule has 0 aliphatic heterocycles. The average molecular weight is 267 g/mol. The summed E-state index contributed by atoms with van der Waals surface area (Å²) < 4.78 is 0. The molecule has 1 saturated carbocycles. The number of carbonyl (C=O) groups is 2. The SMILES string of the molecule is O=C(N[C@H]1CC[C@@H](C(=O)O)C1)c1cc([N+](=O)[O-])c[nH]1. The van der Waals surface area contributed by atoms with Gasteiger partial charge in [0.15, 0.2) is 0 Å². The van der Waals surface area contributed by atoms with Crippen molar-refractivity contribution in [1.82, 2.24) is 10.3 Å². The van der Waals surface area contributed by atoms with Crippen molar-refractivity contribution in [1.29, 1.82) is 0 Å². The summed E-state index contributed by atoms with van der Waals surface area (Å²) >= 11 is 0. The van der Waals surface area contributed by atoms with Crippen molar-refractivity contribution >= 4 is 17.6 Å². The molecule has 0 bridgehead atoms. The largest absolute Gasteiger partial charge is 0.481 e. The number of aromatic amines is 1. The van der Waals surface area contributed by atoms with E-state index in [0.29, 0.717) is 19.3 Å². The van der Waals surface area contributed by atoms with E-state index in [1.807, 2.05) is 0 Å². The average Bonchev–Trinajstić information content (AvgIpc) is 2.96. The summed E-state index contributed by atoms with van der Waals surface area (Å²) in [6.07, 6.45) is 2.67. The summed E-state index contributed by atoms with van der Waals surface area (Å²) in [7, 11) is 0. The topological polar surface area (TPSA) is 125 Å². The molecule has 2 atom stereocenters. The number of aliphatic carboxylic acids is 1. The Morgan fingerprint density at radius 1 is 1.47 bits per heavy atom. The van der Waals surface area contributed by atoms with E-state index < -0.39 is 22.7 Å². The molecule has 19 heavy (non-hydrogen) atoms. The molecule has 3 N–H and O–H groups in total. The van der Waals surface area contributed by atoms with Gasteiger partial charge < -0.3 is 15.4 Å². The fourth-order valence-corrected chi connectivity index (χ4v) is 2.22. The molecule has 0 radical (unpaired) electrons. The van der Waals surface area contributed by atoms with Gasteiger partial charge in [-0.2, -0.15) is 0 Å². The molecule has 0 spiro atoms. The van der Waals surface area contributed by atoms with E-state index in [1.165, 1.54) is 0 Å². The van der Waals surface area contributed by atoms with Gasteiger partial charge in [0, 0.05) is 12.1 Å². The highest BCUT2D eigenvalue weighted by Crippen LogP contribution is 2.26. The smallest absolute Gasteiger partial charge is 0.306 e. The van der Waals surface area contributed by atoms with Crippen LogP contribution in [0.5, 0.6) is 0 Å². The number of amides is 1. The van der Waals surface area contributed by atoms with E-state index in [0.717, 1.165) is 12.3 Å². The number of hydrogen-bond acceptors (Lipinski definition) is 4. The van der Waals surface area contributed by atoms with Gasteiger partial charge in [-0.25, -0.2) is 0 Å². The monoisotopic (exact) mass is 267 g/mol. The Bertz CT molecular complexity index is 524. The summed E-state index contributed by atoms with van der Waals surface area (Å²) in [5.41, 5.74) is -0.0783. The number of aromatic nitrogens is 1. The number of nitro groups is 1. The predicted molar refractivity (Wildman–Crippen MR) is 63.7 cm³/mol. The molecule has 0 aromatic carbocycles. The second-order valence-corrected chi connectivity index (χ2v) is 4.55. The highest BCUT2D eigenvalue weighted by atomic mass is 16.6. The van der Waals surface area contributed by atoms with Crippen LogP contribution in [-0.2, 0) is 4.79 Å². The summed E-state index contributed by atoms with van der Waals surface area (Å²) in [5, 5.41) is 22.0. The lowest BCUT2D eigenvalue weighted by molar-refractivity contribution is -0.384. The quantitative estimate of drug-likeness (QED) is 0.552. The van der Waals surface area contributed by atoms with Crippen molar-refractivity contribution in [3.05, 3.63) is 28.1 Å². The maximum absolute atomic E-state index is 11.8. The number of rotatable bonds is 4. The minimum Gasteiger partial charge on any atom is -0.481 e. The zero-order valence-electron chi connectivity index (χ0n) is 9.96. The van der Waals surface area contributed by atoms with Gasteiger partial charge in [-0.1, -0.05) is 0 Å². The molecule has 1 aliphatic carbocycles. The van der Waals surface area contributed by atoms with Crippen LogP contribution < -0.4 is 5.32 Å². The van der Waals surface area contributed by atoms with Gasteiger partial charge in [-0.15, -0.1) is 0 Å². The van der Waals surface area contributed by atoms with E-state index >= 15 is 0 Å². The lowest BCUT2D eigenvalue weighted by Crippen LogP contribution is -2.33. The highest BCUT2D eigenvalue weighted by molar-refractivity contribution is 5.93. The van der Waals surface area contributed by atoms with Gasteiger partial charge in [-0.3, -0.25) is 19.7 Å². The molecule has 1 fully saturated rings. The molecule has 1 heterocycles. The van der Waals surface area contributed by atoms with E-state index in [-0.39, 0.29) is 17.4 Å². The third-order valence-electron chi connectivity index (χ3n) is 3.24. The Balaban J connectivity index is 1.94. The first kappa shape index (κ1) is 13.1. The van der Waals surface area contributed by atoms with E-state index in [9.17, 15) is 19.7 Å². The lowest BCUT2D eigenvalue weighted by atomic mass is 10.1. The van der Waals surface area contributed by atoms with E-state index in [4.69, 9.17) is 5.11 Å². The third kappa shape index (κ3) is 2.90. The van der Waals surface area contributed by atoms with Crippen LogP contribution in [-0.4, -0.2) is 32.9 Å².